The Labute approximate surface area is 150 Å². The van der Waals surface area contributed by atoms with E-state index in [4.69, 9.17) is 0 Å². The van der Waals surface area contributed by atoms with E-state index in [1.165, 1.54) is 0 Å². The lowest BCUT2D eigenvalue weighted by Crippen LogP contribution is -2.60. The minimum Gasteiger partial charge on any atom is -0.351 e. The molecule has 0 atom stereocenters. The number of amides is 1. The Morgan fingerprint density at radius 2 is 1.21 bits per heavy atom. The van der Waals surface area contributed by atoms with Gasteiger partial charge >= 0.3 is 0 Å². The van der Waals surface area contributed by atoms with Crippen molar-refractivity contribution >= 4 is 5.91 Å². The largest absolute Gasteiger partial charge is 0.351 e. The van der Waals surface area contributed by atoms with Crippen LogP contribution in [0.25, 0.3) is 0 Å². The molecule has 1 aliphatic rings. The molecular weight excluding hydrogens is 298 g/mol. The second-order valence-corrected chi connectivity index (χ2v) is 10.7. The third-order valence-corrected chi connectivity index (χ3v) is 5.06. The van der Waals surface area contributed by atoms with Crippen LogP contribution in [-0.2, 0) is 4.79 Å². The van der Waals surface area contributed by atoms with Crippen molar-refractivity contribution in [3.63, 3.8) is 0 Å². The van der Waals surface area contributed by atoms with E-state index < -0.39 is 0 Å². The van der Waals surface area contributed by atoms with Gasteiger partial charge in [-0.2, -0.15) is 0 Å². The van der Waals surface area contributed by atoms with Crippen molar-refractivity contribution in [2.24, 2.45) is 5.41 Å². The van der Waals surface area contributed by atoms with E-state index in [0.29, 0.717) is 0 Å². The van der Waals surface area contributed by atoms with Crippen molar-refractivity contribution in [2.45, 2.75) is 92.3 Å². The fourth-order valence-electron chi connectivity index (χ4n) is 3.77. The summed E-state index contributed by atoms with van der Waals surface area (Å²) in [5.74, 6) is 0.149. The van der Waals surface area contributed by atoms with Crippen molar-refractivity contribution in [3.8, 4) is 0 Å². The van der Waals surface area contributed by atoms with Crippen LogP contribution in [-0.4, -0.2) is 58.5 Å². The van der Waals surface area contributed by atoms with Crippen molar-refractivity contribution in [3.05, 3.63) is 0 Å². The van der Waals surface area contributed by atoms with E-state index in [2.05, 4.69) is 63.6 Å². The molecular formula is C20H41N3O. The zero-order valence-corrected chi connectivity index (χ0v) is 17.8. The smallest absolute Gasteiger partial charge is 0.226 e. The van der Waals surface area contributed by atoms with Gasteiger partial charge in [-0.1, -0.05) is 13.8 Å². The predicted molar refractivity (Wildman–Crippen MR) is 103 cm³/mol. The summed E-state index contributed by atoms with van der Waals surface area (Å²) >= 11 is 0. The molecule has 4 nitrogen and oxygen atoms in total. The second kappa shape index (κ2) is 6.95. The molecule has 0 spiro atoms. The SMILES string of the molecule is CC(C)(C)NC(=O)C(C)(C)CC(C)(C)N1CCN(C(C)(C)C)CC1. The van der Waals surface area contributed by atoms with Crippen molar-refractivity contribution in [1.29, 1.82) is 0 Å². The average Bonchev–Trinajstić information content (AvgIpc) is 2.34. The van der Waals surface area contributed by atoms with Crippen LogP contribution < -0.4 is 5.32 Å². The molecule has 1 fully saturated rings. The van der Waals surface area contributed by atoms with Gasteiger partial charge in [-0.15, -0.1) is 0 Å². The minimum atomic E-state index is -0.377. The lowest BCUT2D eigenvalue weighted by Gasteiger charge is -2.49. The fourth-order valence-corrected chi connectivity index (χ4v) is 3.77. The highest BCUT2D eigenvalue weighted by Crippen LogP contribution is 2.33. The Balaban J connectivity index is 2.71. The first-order chi connectivity index (χ1) is 10.5. The number of hydrogen-bond acceptors (Lipinski definition) is 3. The van der Waals surface area contributed by atoms with Crippen LogP contribution in [0.3, 0.4) is 0 Å². The van der Waals surface area contributed by atoms with Gasteiger partial charge in [0, 0.05) is 48.2 Å². The van der Waals surface area contributed by atoms with Crippen LogP contribution in [0, 0.1) is 5.41 Å². The fraction of sp³-hybridized carbons (Fsp3) is 0.950. The molecule has 1 rings (SSSR count). The van der Waals surface area contributed by atoms with E-state index in [9.17, 15) is 4.79 Å². The number of nitrogens with one attached hydrogen (secondary N) is 1. The van der Waals surface area contributed by atoms with E-state index >= 15 is 0 Å². The van der Waals surface area contributed by atoms with Gasteiger partial charge in [-0.25, -0.2) is 0 Å². The number of piperazine rings is 1. The zero-order chi connectivity index (χ0) is 19.0. The van der Waals surface area contributed by atoms with Gasteiger partial charge in [0.2, 0.25) is 5.91 Å². The third kappa shape index (κ3) is 6.03. The quantitative estimate of drug-likeness (QED) is 0.851. The molecule has 1 amide bonds. The summed E-state index contributed by atoms with van der Waals surface area (Å²) in [7, 11) is 0. The monoisotopic (exact) mass is 339 g/mol. The zero-order valence-electron chi connectivity index (χ0n) is 17.8. The molecule has 0 aromatic heterocycles. The van der Waals surface area contributed by atoms with Crippen LogP contribution in [0.15, 0.2) is 0 Å². The second-order valence-electron chi connectivity index (χ2n) is 10.7. The number of rotatable bonds is 4. The molecule has 0 aromatic carbocycles. The highest BCUT2D eigenvalue weighted by atomic mass is 16.2. The van der Waals surface area contributed by atoms with E-state index in [1.54, 1.807) is 0 Å². The summed E-state index contributed by atoms with van der Waals surface area (Å²) < 4.78 is 0. The third-order valence-electron chi connectivity index (χ3n) is 5.06. The summed E-state index contributed by atoms with van der Waals surface area (Å²) in [5, 5.41) is 3.15. The average molecular weight is 340 g/mol. The Kier molecular flexibility index (Phi) is 6.21. The Morgan fingerprint density at radius 3 is 1.58 bits per heavy atom. The molecule has 1 N–H and O–H groups in total. The molecule has 4 heteroatoms. The Hall–Kier alpha value is -0.610. The molecule has 0 bridgehead atoms. The normalized spacial score (nSPS) is 19.4. The van der Waals surface area contributed by atoms with Crippen LogP contribution in [0.2, 0.25) is 0 Å². The van der Waals surface area contributed by atoms with E-state index in [1.807, 2.05) is 20.8 Å². The number of carbonyl (C=O) groups is 1. The van der Waals surface area contributed by atoms with Crippen LogP contribution in [0.1, 0.15) is 75.7 Å². The topological polar surface area (TPSA) is 35.6 Å². The number of nitrogens with zero attached hydrogens (tertiary/aromatic N) is 2. The predicted octanol–water partition coefficient (Wildman–Crippen LogP) is 3.51. The molecule has 24 heavy (non-hydrogen) atoms. The standard InChI is InChI=1S/C20H41N3O/c1-17(2,3)21-16(24)19(7,8)15-20(9,10)23-13-11-22(12-14-23)18(4,5)6/h11-15H2,1-10H3,(H,21,24). The molecule has 142 valence electrons. The highest BCUT2D eigenvalue weighted by molar-refractivity contribution is 5.82. The summed E-state index contributed by atoms with van der Waals surface area (Å²) in [4.78, 5) is 17.8. The molecule has 0 aromatic rings. The maximum Gasteiger partial charge on any atom is 0.226 e. The van der Waals surface area contributed by atoms with Gasteiger partial charge in [0.05, 0.1) is 0 Å². The summed E-state index contributed by atoms with van der Waals surface area (Å²) in [6.45, 7) is 26.0. The summed E-state index contributed by atoms with van der Waals surface area (Å²) in [6.07, 6.45) is 0.859. The molecule has 0 saturated carbocycles. The van der Waals surface area contributed by atoms with Gasteiger partial charge in [0.25, 0.3) is 0 Å². The van der Waals surface area contributed by atoms with Crippen LogP contribution in [0.4, 0.5) is 0 Å². The minimum absolute atomic E-state index is 0.0166. The van der Waals surface area contributed by atoms with Gasteiger partial charge in [0.1, 0.15) is 0 Å². The molecule has 1 aliphatic heterocycles. The molecule has 0 unspecified atom stereocenters. The van der Waals surface area contributed by atoms with Crippen LogP contribution >= 0.6 is 0 Å². The number of carbonyl (C=O) groups excluding carboxylic acids is 1. The van der Waals surface area contributed by atoms with Gasteiger partial charge in [-0.3, -0.25) is 14.6 Å². The Morgan fingerprint density at radius 1 is 0.792 bits per heavy atom. The van der Waals surface area contributed by atoms with Gasteiger partial charge < -0.3 is 5.32 Å². The highest BCUT2D eigenvalue weighted by Gasteiger charge is 2.40. The molecule has 1 saturated heterocycles. The molecule has 0 aliphatic carbocycles. The maximum absolute atomic E-state index is 12.7. The van der Waals surface area contributed by atoms with Crippen molar-refractivity contribution < 1.29 is 4.79 Å². The lowest BCUT2D eigenvalue weighted by atomic mass is 9.77. The van der Waals surface area contributed by atoms with E-state index in [-0.39, 0.29) is 27.9 Å². The number of hydrogen-bond donors (Lipinski definition) is 1. The summed E-state index contributed by atoms with van der Waals surface area (Å²) in [5.41, 5.74) is -0.306. The molecule has 1 heterocycles. The van der Waals surface area contributed by atoms with Gasteiger partial charge in [0.15, 0.2) is 0 Å². The van der Waals surface area contributed by atoms with Crippen LogP contribution in [0.5, 0.6) is 0 Å². The first-order valence-electron chi connectivity index (χ1n) is 9.37. The first kappa shape index (κ1) is 21.4. The van der Waals surface area contributed by atoms with Crippen molar-refractivity contribution in [1.82, 2.24) is 15.1 Å². The van der Waals surface area contributed by atoms with Gasteiger partial charge in [-0.05, 0) is 61.8 Å². The Bertz CT molecular complexity index is 433. The van der Waals surface area contributed by atoms with Crippen molar-refractivity contribution in [2.75, 3.05) is 26.2 Å². The molecule has 0 radical (unpaired) electrons. The maximum atomic E-state index is 12.7. The van der Waals surface area contributed by atoms with E-state index in [0.717, 1.165) is 32.6 Å². The first-order valence-corrected chi connectivity index (χ1v) is 9.37. The summed E-state index contributed by atoms with van der Waals surface area (Å²) in [6, 6.07) is 0. The lowest BCUT2D eigenvalue weighted by molar-refractivity contribution is -0.133.